The molecule has 24 heavy (non-hydrogen) atoms. The van der Waals surface area contributed by atoms with Crippen molar-refractivity contribution in [2.24, 2.45) is 10.8 Å². The Kier molecular flexibility index (Phi) is 6.13. The highest BCUT2D eigenvalue weighted by Gasteiger charge is 2.16. The molecule has 0 heterocycles. The molecule has 0 radical (unpaired) electrons. The second-order valence-electron chi connectivity index (χ2n) is 4.52. The fourth-order valence-electron chi connectivity index (χ4n) is 1.81. The number of ether oxygens (including phenoxy) is 2. The lowest BCUT2D eigenvalue weighted by Gasteiger charge is -2.12. The highest BCUT2D eigenvalue weighted by Crippen LogP contribution is 2.34. The van der Waals surface area contributed by atoms with Crippen molar-refractivity contribution in [2.75, 3.05) is 7.11 Å². The predicted octanol–water partition coefficient (Wildman–Crippen LogP) is 2.52. The van der Waals surface area contributed by atoms with E-state index in [0.29, 0.717) is 26.2 Å². The maximum absolute atomic E-state index is 12.2. The number of nitrogens with zero attached hydrogens (tertiary/aromatic N) is 1. The summed E-state index contributed by atoms with van der Waals surface area (Å²) in [6, 6.07) is 11.2. The van der Waals surface area contributed by atoms with Gasteiger partial charge in [-0.1, -0.05) is 18.2 Å². The Morgan fingerprint density at radius 2 is 1.96 bits per heavy atom. The molecule has 0 spiro atoms. The molecule has 0 saturated heterocycles. The Labute approximate surface area is 152 Å². The van der Waals surface area contributed by atoms with Gasteiger partial charge in [-0.2, -0.15) is 5.10 Å². The number of rotatable bonds is 5. The zero-order valence-electron chi connectivity index (χ0n) is 12.7. The number of methoxy groups -OCH3 is 1. The summed E-state index contributed by atoms with van der Waals surface area (Å²) in [5.41, 5.74) is 8.11. The molecule has 2 aromatic carbocycles. The number of esters is 1. The van der Waals surface area contributed by atoms with Crippen molar-refractivity contribution in [3.05, 3.63) is 57.2 Å². The summed E-state index contributed by atoms with van der Waals surface area (Å²) in [4.78, 5) is 22.8. The number of nitrogens with two attached hydrogens (primary N) is 1. The van der Waals surface area contributed by atoms with Crippen molar-refractivity contribution < 1.29 is 19.1 Å². The van der Waals surface area contributed by atoms with Gasteiger partial charge >= 0.3 is 12.0 Å². The van der Waals surface area contributed by atoms with Crippen LogP contribution in [0.5, 0.6) is 11.5 Å². The first kappa shape index (κ1) is 17.7. The molecule has 0 aliphatic heterocycles. The fourth-order valence-corrected chi connectivity index (χ4v) is 2.55. The third-order valence-electron chi connectivity index (χ3n) is 2.84. The molecule has 2 aromatic rings. The molecule has 2 amide bonds. The summed E-state index contributed by atoms with van der Waals surface area (Å²) in [5, 5.41) is 3.68. The van der Waals surface area contributed by atoms with Crippen LogP contribution in [-0.2, 0) is 0 Å². The van der Waals surface area contributed by atoms with E-state index in [4.69, 9.17) is 15.2 Å². The molecule has 124 valence electrons. The van der Waals surface area contributed by atoms with E-state index in [2.05, 4.69) is 10.5 Å². The number of urea groups is 1. The number of hydrazone groups is 1. The smallest absolute Gasteiger partial charge is 0.343 e. The molecule has 0 aromatic heterocycles. The summed E-state index contributed by atoms with van der Waals surface area (Å²) in [6.45, 7) is 0. The summed E-state index contributed by atoms with van der Waals surface area (Å²) in [6.07, 6.45) is 1.40. The molecular formula is C16H14IN3O4. The quantitative estimate of drug-likeness (QED) is 0.246. The molecule has 0 unspecified atom stereocenters. The Bertz CT molecular complexity index is 778. The average Bonchev–Trinajstić information content (AvgIpc) is 2.57. The van der Waals surface area contributed by atoms with Crippen LogP contribution in [0.2, 0.25) is 0 Å². The van der Waals surface area contributed by atoms with Crippen LogP contribution >= 0.6 is 22.6 Å². The van der Waals surface area contributed by atoms with Crippen LogP contribution in [-0.4, -0.2) is 25.3 Å². The Morgan fingerprint density at radius 1 is 1.25 bits per heavy atom. The summed E-state index contributed by atoms with van der Waals surface area (Å²) >= 11 is 2.02. The van der Waals surface area contributed by atoms with E-state index in [1.807, 2.05) is 28.7 Å². The Morgan fingerprint density at radius 3 is 2.58 bits per heavy atom. The van der Waals surface area contributed by atoms with Crippen LogP contribution in [0.1, 0.15) is 15.9 Å². The molecule has 0 fully saturated rings. The summed E-state index contributed by atoms with van der Waals surface area (Å²) in [5.74, 6) is 0.197. The van der Waals surface area contributed by atoms with Gasteiger partial charge in [0.2, 0.25) is 0 Å². The topological polar surface area (TPSA) is 103 Å². The molecule has 8 heteroatoms. The number of carbonyl (C=O) groups excluding carboxylic acids is 2. The maximum atomic E-state index is 12.2. The third kappa shape index (κ3) is 4.69. The second kappa shape index (κ2) is 8.29. The van der Waals surface area contributed by atoms with E-state index in [-0.39, 0.29) is 0 Å². The van der Waals surface area contributed by atoms with Crippen LogP contribution < -0.4 is 20.6 Å². The van der Waals surface area contributed by atoms with Crippen LogP contribution in [0.3, 0.4) is 0 Å². The first-order valence-electron chi connectivity index (χ1n) is 6.74. The van der Waals surface area contributed by atoms with Crippen molar-refractivity contribution in [1.82, 2.24) is 5.43 Å². The lowest BCUT2D eigenvalue weighted by molar-refractivity contribution is 0.0728. The molecule has 0 aliphatic carbocycles. The van der Waals surface area contributed by atoms with E-state index >= 15 is 0 Å². The second-order valence-corrected chi connectivity index (χ2v) is 5.69. The number of nitrogens with one attached hydrogen (secondary N) is 1. The first-order valence-corrected chi connectivity index (χ1v) is 7.82. The van der Waals surface area contributed by atoms with Gasteiger partial charge in [0.25, 0.3) is 0 Å². The lowest BCUT2D eigenvalue weighted by Crippen LogP contribution is -2.24. The Balaban J connectivity index is 2.25. The van der Waals surface area contributed by atoms with E-state index < -0.39 is 12.0 Å². The van der Waals surface area contributed by atoms with E-state index in [0.717, 1.165) is 0 Å². The van der Waals surface area contributed by atoms with E-state index in [9.17, 15) is 9.59 Å². The number of primary amides is 1. The molecule has 7 nitrogen and oxygen atoms in total. The van der Waals surface area contributed by atoms with Gasteiger partial charge in [0.1, 0.15) is 0 Å². The van der Waals surface area contributed by atoms with E-state index in [1.54, 1.807) is 36.4 Å². The van der Waals surface area contributed by atoms with Crippen LogP contribution in [0, 0.1) is 3.57 Å². The third-order valence-corrected chi connectivity index (χ3v) is 3.65. The largest absolute Gasteiger partial charge is 0.493 e. The van der Waals surface area contributed by atoms with E-state index in [1.165, 1.54) is 13.3 Å². The zero-order chi connectivity index (χ0) is 17.5. The molecule has 3 N–H and O–H groups in total. The van der Waals surface area contributed by atoms with Gasteiger partial charge in [-0.3, -0.25) is 0 Å². The van der Waals surface area contributed by atoms with Gasteiger partial charge in [-0.05, 0) is 52.4 Å². The average molecular weight is 439 g/mol. The number of halogens is 1. The fraction of sp³-hybridized carbons (Fsp3) is 0.0625. The zero-order valence-corrected chi connectivity index (χ0v) is 14.8. The van der Waals surface area contributed by atoms with Crippen molar-refractivity contribution in [1.29, 1.82) is 0 Å². The van der Waals surface area contributed by atoms with Gasteiger partial charge < -0.3 is 15.2 Å². The standard InChI is InChI=1S/C16H14IN3O4/c1-23-13-8-10(9-19-20-16(18)22)7-12(17)14(13)24-15(21)11-5-3-2-4-6-11/h2-9H,1H3,(H3,18,20,22). The lowest BCUT2D eigenvalue weighted by atomic mass is 10.2. The van der Waals surface area contributed by atoms with Crippen molar-refractivity contribution in [3.8, 4) is 11.5 Å². The van der Waals surface area contributed by atoms with Crippen molar-refractivity contribution in [2.45, 2.75) is 0 Å². The summed E-state index contributed by atoms with van der Waals surface area (Å²) < 4.78 is 11.4. The summed E-state index contributed by atoms with van der Waals surface area (Å²) in [7, 11) is 1.47. The highest BCUT2D eigenvalue weighted by atomic mass is 127. The van der Waals surface area contributed by atoms with Crippen molar-refractivity contribution >= 4 is 40.8 Å². The molecule has 0 saturated carbocycles. The number of amides is 2. The van der Waals surface area contributed by atoms with Crippen molar-refractivity contribution in [3.63, 3.8) is 0 Å². The number of benzene rings is 2. The van der Waals surface area contributed by atoms with Crippen LogP contribution in [0.25, 0.3) is 0 Å². The van der Waals surface area contributed by atoms with Gasteiger partial charge in [-0.25, -0.2) is 15.0 Å². The van der Waals surface area contributed by atoms with Gasteiger partial charge in [-0.15, -0.1) is 0 Å². The number of carbonyl (C=O) groups is 2. The van der Waals surface area contributed by atoms with Gasteiger partial charge in [0.15, 0.2) is 11.5 Å². The van der Waals surface area contributed by atoms with Crippen LogP contribution in [0.4, 0.5) is 4.79 Å². The molecule has 0 aliphatic rings. The molecule has 0 atom stereocenters. The first-order chi connectivity index (χ1) is 11.5. The van der Waals surface area contributed by atoms with Crippen LogP contribution in [0.15, 0.2) is 47.6 Å². The minimum absolute atomic E-state index is 0.312. The van der Waals surface area contributed by atoms with Gasteiger partial charge in [0.05, 0.1) is 22.5 Å². The Hall–Kier alpha value is -2.62. The monoisotopic (exact) mass is 439 g/mol. The number of hydrogen-bond donors (Lipinski definition) is 2. The van der Waals surface area contributed by atoms with Gasteiger partial charge in [0, 0.05) is 0 Å². The molecular weight excluding hydrogens is 425 g/mol. The minimum Gasteiger partial charge on any atom is -0.493 e. The maximum Gasteiger partial charge on any atom is 0.343 e. The molecule has 2 rings (SSSR count). The minimum atomic E-state index is -0.763. The normalized spacial score (nSPS) is 10.4. The highest BCUT2D eigenvalue weighted by molar-refractivity contribution is 14.1. The molecule has 0 bridgehead atoms. The SMILES string of the molecule is COc1cc(C=NNC(N)=O)cc(I)c1OC(=O)c1ccccc1. The predicted molar refractivity (Wildman–Crippen MR) is 97.4 cm³/mol. The number of hydrogen-bond acceptors (Lipinski definition) is 5.